The predicted molar refractivity (Wildman–Crippen MR) is 68.9 cm³/mol. The molecule has 1 aliphatic carbocycles. The van der Waals surface area contributed by atoms with Crippen molar-refractivity contribution in [1.82, 2.24) is 0 Å². The van der Waals surface area contributed by atoms with Crippen LogP contribution in [0.15, 0.2) is 11.6 Å². The molecule has 0 aromatic rings. The Bertz CT molecular complexity index is 225. The van der Waals surface area contributed by atoms with Gasteiger partial charge in [-0.15, -0.1) is 11.6 Å². The molecule has 0 aromatic carbocycles. The maximum atomic E-state index is 6.11. The Kier molecular flexibility index (Phi) is 5.18. The highest BCUT2D eigenvalue weighted by atomic mass is 35.5. The van der Waals surface area contributed by atoms with E-state index in [1.165, 1.54) is 50.5 Å². The van der Waals surface area contributed by atoms with Gasteiger partial charge in [0, 0.05) is 18.4 Å². The predicted octanol–water partition coefficient (Wildman–Crippen LogP) is 4.16. The van der Waals surface area contributed by atoms with E-state index in [1.807, 2.05) is 0 Å². The van der Waals surface area contributed by atoms with Crippen LogP contribution < -0.4 is 0 Å². The van der Waals surface area contributed by atoms with E-state index in [-0.39, 0.29) is 0 Å². The van der Waals surface area contributed by atoms with E-state index in [0.29, 0.717) is 5.92 Å². The van der Waals surface area contributed by atoms with Crippen molar-refractivity contribution < 1.29 is 4.74 Å². The van der Waals surface area contributed by atoms with Crippen LogP contribution in [0, 0.1) is 11.8 Å². The van der Waals surface area contributed by atoms with E-state index in [2.05, 4.69) is 6.08 Å². The minimum Gasteiger partial charge on any atom is -0.381 e. The lowest BCUT2D eigenvalue weighted by Crippen LogP contribution is -2.18. The van der Waals surface area contributed by atoms with Gasteiger partial charge in [0.2, 0.25) is 0 Å². The minimum atomic E-state index is 0.629. The van der Waals surface area contributed by atoms with Gasteiger partial charge in [-0.25, -0.2) is 0 Å². The van der Waals surface area contributed by atoms with Crippen molar-refractivity contribution in [3.63, 3.8) is 0 Å². The van der Waals surface area contributed by atoms with Crippen molar-refractivity contribution in [3.05, 3.63) is 11.6 Å². The van der Waals surface area contributed by atoms with Gasteiger partial charge in [0.25, 0.3) is 0 Å². The van der Waals surface area contributed by atoms with E-state index < -0.39 is 0 Å². The van der Waals surface area contributed by atoms with Crippen LogP contribution in [-0.4, -0.2) is 19.1 Å². The number of ether oxygens (including phenoxy) is 1. The molecule has 0 spiro atoms. The van der Waals surface area contributed by atoms with Crippen LogP contribution in [0.2, 0.25) is 0 Å². The first-order valence-corrected chi connectivity index (χ1v) is 7.28. The number of alkyl halides is 1. The van der Waals surface area contributed by atoms with Crippen LogP contribution in [0.1, 0.15) is 44.9 Å². The van der Waals surface area contributed by atoms with Crippen LogP contribution in [-0.2, 0) is 4.74 Å². The zero-order valence-corrected chi connectivity index (χ0v) is 10.8. The number of hydrogen-bond acceptors (Lipinski definition) is 1. The molecule has 1 atom stereocenters. The monoisotopic (exact) mass is 242 g/mol. The van der Waals surface area contributed by atoms with Crippen molar-refractivity contribution in [1.29, 1.82) is 0 Å². The van der Waals surface area contributed by atoms with Gasteiger partial charge in [-0.3, -0.25) is 0 Å². The standard InChI is InChI=1S/C14H23ClO/c15-10-14(13-6-2-1-3-7-13)9-12-5-4-8-16-11-12/h9,12-13H,1-8,10-11H2/b14-9-. The first-order chi connectivity index (χ1) is 7.90. The maximum absolute atomic E-state index is 6.11. The zero-order valence-electron chi connectivity index (χ0n) is 10.1. The van der Waals surface area contributed by atoms with Gasteiger partial charge in [0.05, 0.1) is 6.61 Å². The normalized spacial score (nSPS) is 29.3. The van der Waals surface area contributed by atoms with Gasteiger partial charge in [-0.1, -0.05) is 30.9 Å². The number of allylic oxidation sites excluding steroid dienone is 1. The SMILES string of the molecule is ClC/C(=C/C1CCCOC1)C1CCCCC1. The second-order valence-corrected chi connectivity index (χ2v) is 5.45. The molecule has 1 unspecified atom stereocenters. The average Bonchev–Trinajstić information content (AvgIpc) is 2.38. The Balaban J connectivity index is 1.93. The summed E-state index contributed by atoms with van der Waals surface area (Å²) in [6.45, 7) is 1.86. The Hall–Kier alpha value is -0.0100. The Labute approximate surface area is 104 Å². The third-order valence-electron chi connectivity index (χ3n) is 3.93. The van der Waals surface area contributed by atoms with Crippen LogP contribution in [0.3, 0.4) is 0 Å². The Morgan fingerprint density at radius 1 is 1.12 bits per heavy atom. The van der Waals surface area contributed by atoms with E-state index in [9.17, 15) is 0 Å². The largest absolute Gasteiger partial charge is 0.381 e. The molecule has 1 saturated carbocycles. The van der Waals surface area contributed by atoms with Gasteiger partial charge in [-0.05, 0) is 31.6 Å². The fraction of sp³-hybridized carbons (Fsp3) is 0.857. The maximum Gasteiger partial charge on any atom is 0.0528 e. The molecule has 2 rings (SSSR count). The summed E-state index contributed by atoms with van der Waals surface area (Å²) in [4.78, 5) is 0. The summed E-state index contributed by atoms with van der Waals surface area (Å²) in [6.07, 6.45) is 11.8. The van der Waals surface area contributed by atoms with Crippen molar-refractivity contribution in [2.75, 3.05) is 19.1 Å². The fourth-order valence-electron chi connectivity index (χ4n) is 2.96. The van der Waals surface area contributed by atoms with E-state index in [1.54, 1.807) is 0 Å². The molecule has 0 aromatic heterocycles. The molecule has 2 fully saturated rings. The minimum absolute atomic E-state index is 0.629. The smallest absolute Gasteiger partial charge is 0.0528 e. The first kappa shape index (κ1) is 12.4. The molecule has 1 nitrogen and oxygen atoms in total. The lowest BCUT2D eigenvalue weighted by Gasteiger charge is -2.26. The van der Waals surface area contributed by atoms with Gasteiger partial charge in [0.1, 0.15) is 0 Å². The molecule has 0 amide bonds. The second kappa shape index (κ2) is 6.66. The van der Waals surface area contributed by atoms with Gasteiger partial charge < -0.3 is 4.74 Å². The number of halogens is 1. The number of hydrogen-bond donors (Lipinski definition) is 0. The molecule has 1 saturated heterocycles. The molecule has 2 heteroatoms. The summed E-state index contributed by atoms with van der Waals surface area (Å²) in [7, 11) is 0. The van der Waals surface area contributed by atoms with Crippen LogP contribution in [0.25, 0.3) is 0 Å². The lowest BCUT2D eigenvalue weighted by atomic mass is 9.82. The van der Waals surface area contributed by atoms with Crippen molar-refractivity contribution in [2.45, 2.75) is 44.9 Å². The zero-order chi connectivity index (χ0) is 11.2. The summed E-state index contributed by atoms with van der Waals surface area (Å²) in [5, 5.41) is 0. The summed E-state index contributed by atoms with van der Waals surface area (Å²) in [5.74, 6) is 2.12. The summed E-state index contributed by atoms with van der Waals surface area (Å²) in [6, 6.07) is 0. The summed E-state index contributed by atoms with van der Waals surface area (Å²) < 4.78 is 5.53. The Morgan fingerprint density at radius 3 is 2.56 bits per heavy atom. The van der Waals surface area contributed by atoms with Gasteiger partial charge >= 0.3 is 0 Å². The summed E-state index contributed by atoms with van der Waals surface area (Å²) >= 11 is 6.11. The van der Waals surface area contributed by atoms with Crippen LogP contribution >= 0.6 is 11.6 Å². The van der Waals surface area contributed by atoms with E-state index >= 15 is 0 Å². The molecule has 92 valence electrons. The third kappa shape index (κ3) is 3.49. The van der Waals surface area contributed by atoms with E-state index in [0.717, 1.165) is 25.0 Å². The van der Waals surface area contributed by atoms with Gasteiger partial charge in [-0.2, -0.15) is 0 Å². The molecule has 2 aliphatic rings. The highest BCUT2D eigenvalue weighted by Gasteiger charge is 2.19. The fourth-order valence-corrected chi connectivity index (χ4v) is 3.27. The molecular formula is C14H23ClO. The van der Waals surface area contributed by atoms with Crippen LogP contribution in [0.4, 0.5) is 0 Å². The van der Waals surface area contributed by atoms with Crippen LogP contribution in [0.5, 0.6) is 0 Å². The lowest BCUT2D eigenvalue weighted by molar-refractivity contribution is 0.0705. The average molecular weight is 243 g/mol. The highest BCUT2D eigenvalue weighted by Crippen LogP contribution is 2.31. The molecule has 1 aliphatic heterocycles. The number of rotatable bonds is 3. The van der Waals surface area contributed by atoms with Crippen molar-refractivity contribution >= 4 is 11.6 Å². The quantitative estimate of drug-likeness (QED) is 0.534. The molecule has 0 N–H and O–H groups in total. The molecular weight excluding hydrogens is 220 g/mol. The van der Waals surface area contributed by atoms with Crippen molar-refractivity contribution in [3.8, 4) is 0 Å². The van der Waals surface area contributed by atoms with E-state index in [4.69, 9.17) is 16.3 Å². The van der Waals surface area contributed by atoms with Gasteiger partial charge in [0.15, 0.2) is 0 Å². The second-order valence-electron chi connectivity index (χ2n) is 5.19. The third-order valence-corrected chi connectivity index (χ3v) is 4.24. The highest BCUT2D eigenvalue weighted by molar-refractivity contribution is 6.19. The first-order valence-electron chi connectivity index (χ1n) is 6.74. The molecule has 0 radical (unpaired) electrons. The Morgan fingerprint density at radius 2 is 1.94 bits per heavy atom. The van der Waals surface area contributed by atoms with Crippen molar-refractivity contribution in [2.24, 2.45) is 11.8 Å². The molecule has 1 heterocycles. The molecule has 16 heavy (non-hydrogen) atoms. The topological polar surface area (TPSA) is 9.23 Å². The summed E-state index contributed by atoms with van der Waals surface area (Å²) in [5.41, 5.74) is 1.50. The molecule has 0 bridgehead atoms.